The number of ether oxygens (including phenoxy) is 2. The van der Waals surface area contributed by atoms with Crippen LogP contribution >= 0.6 is 0 Å². The van der Waals surface area contributed by atoms with Gasteiger partial charge >= 0.3 is 308 Å². The Kier molecular flexibility index (Phi) is 9.33. The first kappa shape index (κ1) is 34.4. The van der Waals surface area contributed by atoms with E-state index in [1.54, 1.807) is 17.5 Å². The molecule has 7 rings (SSSR count). The van der Waals surface area contributed by atoms with Crippen molar-refractivity contribution in [3.63, 3.8) is 0 Å². The first-order valence-electron chi connectivity index (χ1n) is 17.7. The van der Waals surface area contributed by atoms with Gasteiger partial charge in [-0.15, -0.1) is 0 Å². The molecule has 2 aliphatic carbocycles. The van der Waals surface area contributed by atoms with E-state index in [0.29, 0.717) is 3.67 Å². The summed E-state index contributed by atoms with van der Waals surface area (Å²) in [7, 11) is 3.54. The second-order valence-electron chi connectivity index (χ2n) is 15.6. The quantitative estimate of drug-likeness (QED) is 0.152. The molecule has 0 N–H and O–H groups in total. The van der Waals surface area contributed by atoms with Crippen LogP contribution < -0.4 is 9.47 Å². The van der Waals surface area contributed by atoms with Crippen molar-refractivity contribution in [2.45, 2.75) is 59.7 Å². The predicted molar refractivity (Wildman–Crippen MR) is 208 cm³/mol. The Morgan fingerprint density at radius 2 is 1.06 bits per heavy atom. The van der Waals surface area contributed by atoms with Crippen molar-refractivity contribution >= 4 is 8.83 Å². The van der Waals surface area contributed by atoms with Crippen LogP contribution in [0.5, 0.6) is 11.5 Å². The molecule has 0 fully saturated rings. The summed E-state index contributed by atoms with van der Waals surface area (Å²) in [5, 5.41) is 0. The summed E-state index contributed by atoms with van der Waals surface area (Å²) in [5.74, 6) is 1.71. The fraction of sp³-hybridized carbons (Fsp3) is 0.255. The van der Waals surface area contributed by atoms with Gasteiger partial charge in [0, 0.05) is 0 Å². The van der Waals surface area contributed by atoms with Gasteiger partial charge < -0.3 is 0 Å². The first-order valence-corrected chi connectivity index (χ1v) is 23.7. The third-order valence-corrected chi connectivity index (χ3v) is 23.3. The molecule has 0 aliphatic heterocycles. The normalized spacial score (nSPS) is 15.4. The molecule has 0 saturated carbocycles. The topological polar surface area (TPSA) is 18.5 Å². The van der Waals surface area contributed by atoms with Gasteiger partial charge in [0.1, 0.15) is 0 Å². The molecule has 0 saturated heterocycles. The number of fused-ring (bicyclic) bond motifs is 3. The molecule has 0 aromatic heterocycles. The van der Waals surface area contributed by atoms with Gasteiger partial charge in [-0.25, -0.2) is 0 Å². The van der Waals surface area contributed by atoms with E-state index in [0.717, 1.165) is 17.1 Å². The van der Waals surface area contributed by atoms with E-state index >= 15 is 0 Å². The van der Waals surface area contributed by atoms with Gasteiger partial charge in [0.2, 0.25) is 0 Å². The standard InChI is InChI=1S/C21H25.C13H13O2.C13H10.Hf/c1-20(2,3)16-7-9-18-14(12-16)11-15-13-17(21(4,5)6)8-10-19(15)18;1-14-11-8-5-9-12(15-2)13(11)10-6-3-4-7-10;1-3-7-12(8-4-1)11-13-9-5-2-6-10-13;/h7-13H,1-6H3;3-9H,1-2H3;1-10H;. The molecular weight excluding hydrogens is 775 g/mol. The second-order valence-corrected chi connectivity index (χ2v) is 25.0. The number of rotatable bonds is 7. The van der Waals surface area contributed by atoms with Gasteiger partial charge in [0.05, 0.1) is 0 Å². The van der Waals surface area contributed by atoms with Gasteiger partial charge in [0.25, 0.3) is 0 Å². The summed E-state index contributed by atoms with van der Waals surface area (Å²) >= 11 is -3.35. The minimum absolute atomic E-state index is 0.0325. The van der Waals surface area contributed by atoms with Crippen LogP contribution in [0.2, 0.25) is 3.67 Å². The van der Waals surface area contributed by atoms with Crippen molar-refractivity contribution in [1.29, 1.82) is 0 Å². The number of hydrogen-bond acceptors (Lipinski definition) is 2. The molecule has 5 aromatic rings. The van der Waals surface area contributed by atoms with Crippen molar-refractivity contribution in [1.82, 2.24) is 0 Å². The summed E-state index contributed by atoms with van der Waals surface area (Å²) in [4.78, 5) is 0. The number of benzene rings is 5. The zero-order valence-electron chi connectivity index (χ0n) is 30.7. The summed E-state index contributed by atoms with van der Waals surface area (Å²) in [5.41, 5.74) is 13.7. The van der Waals surface area contributed by atoms with E-state index in [2.05, 4.69) is 169 Å². The minimum atomic E-state index is -3.35. The molecule has 2 nitrogen and oxygen atoms in total. The van der Waals surface area contributed by atoms with Crippen molar-refractivity contribution < 1.29 is 30.4 Å². The van der Waals surface area contributed by atoms with Crippen LogP contribution in [0.3, 0.4) is 0 Å². The zero-order valence-corrected chi connectivity index (χ0v) is 34.3. The van der Waals surface area contributed by atoms with Crippen molar-refractivity contribution in [2.75, 3.05) is 14.2 Å². The van der Waals surface area contributed by atoms with Crippen LogP contribution in [0.15, 0.2) is 133 Å². The van der Waals surface area contributed by atoms with Gasteiger partial charge in [-0.3, -0.25) is 0 Å². The van der Waals surface area contributed by atoms with Crippen LogP contribution in [0.25, 0.3) is 16.7 Å². The van der Waals surface area contributed by atoms with E-state index in [1.807, 2.05) is 6.07 Å². The molecule has 2 aliphatic rings. The van der Waals surface area contributed by atoms with Gasteiger partial charge in [0.15, 0.2) is 0 Å². The molecule has 252 valence electrons. The molecule has 50 heavy (non-hydrogen) atoms. The fourth-order valence-corrected chi connectivity index (χ4v) is 22.2. The Hall–Kier alpha value is -4.08. The van der Waals surface area contributed by atoms with E-state index in [-0.39, 0.29) is 14.5 Å². The Labute approximate surface area is 306 Å². The fourth-order valence-electron chi connectivity index (χ4n) is 7.84. The summed E-state index contributed by atoms with van der Waals surface area (Å²) in [6.45, 7) is 14.0. The zero-order chi connectivity index (χ0) is 35.2. The van der Waals surface area contributed by atoms with Crippen LogP contribution in [0.1, 0.15) is 84.2 Å². The van der Waals surface area contributed by atoms with Gasteiger partial charge in [-0.1, -0.05) is 0 Å². The third-order valence-electron chi connectivity index (χ3n) is 10.4. The van der Waals surface area contributed by atoms with Crippen molar-refractivity contribution in [3.8, 4) is 22.6 Å². The van der Waals surface area contributed by atoms with Gasteiger partial charge in [-0.2, -0.15) is 0 Å². The van der Waals surface area contributed by atoms with Crippen molar-refractivity contribution in [3.05, 3.63) is 172 Å². The number of methoxy groups -OCH3 is 2. The molecule has 0 amide bonds. The molecular formula is C47H48HfO2. The second kappa shape index (κ2) is 13.6. The summed E-state index contributed by atoms with van der Waals surface area (Å²) in [6, 6.07) is 43.4. The van der Waals surface area contributed by atoms with Crippen LogP contribution in [-0.4, -0.2) is 17.5 Å². The summed E-state index contributed by atoms with van der Waals surface area (Å²) < 4.78 is 14.2. The average Bonchev–Trinajstić information content (AvgIpc) is 3.72. The van der Waals surface area contributed by atoms with Gasteiger partial charge in [-0.05, 0) is 0 Å². The molecule has 0 spiro atoms. The Morgan fingerprint density at radius 3 is 1.50 bits per heavy atom. The Bertz CT molecular complexity index is 2010. The molecule has 1 unspecified atom stereocenters. The number of allylic oxidation sites excluding steroid dienone is 4. The number of hydrogen-bond donors (Lipinski definition) is 0. The summed E-state index contributed by atoms with van der Waals surface area (Å²) in [6.07, 6.45) is 7.13. The molecule has 1 atom stereocenters. The Balaban J connectivity index is 1.63. The molecule has 0 heterocycles. The molecule has 0 radical (unpaired) electrons. The monoisotopic (exact) mass is 824 g/mol. The van der Waals surface area contributed by atoms with E-state index in [4.69, 9.17) is 9.47 Å². The van der Waals surface area contributed by atoms with E-state index in [1.165, 1.54) is 50.1 Å². The first-order chi connectivity index (χ1) is 24.0. The average molecular weight is 823 g/mol. The molecule has 5 aromatic carbocycles. The Morgan fingerprint density at radius 1 is 0.580 bits per heavy atom. The predicted octanol–water partition coefficient (Wildman–Crippen LogP) is 11.7. The van der Waals surface area contributed by atoms with E-state index < -0.39 is 21.0 Å². The van der Waals surface area contributed by atoms with Crippen LogP contribution in [0, 0.1) is 0 Å². The van der Waals surface area contributed by atoms with Crippen LogP contribution in [0.4, 0.5) is 0 Å². The maximum atomic E-state index is 6.07. The molecule has 3 heteroatoms. The maximum absolute atomic E-state index is 6.07. The molecule has 0 bridgehead atoms. The SMILES string of the molecule is COc1cccc(OC)c1C1=CC=C[CH]1[Hf](=[C](c1ccccc1)c1ccccc1)[CH]1c2cc(C(C)(C)C)ccc2-c2ccc(C(C)(C)C)cc21. The van der Waals surface area contributed by atoms with E-state index in [9.17, 15) is 0 Å². The van der Waals surface area contributed by atoms with Crippen molar-refractivity contribution in [2.24, 2.45) is 0 Å². The third kappa shape index (κ3) is 6.23. The van der Waals surface area contributed by atoms with Crippen LogP contribution in [-0.2, 0) is 31.8 Å².